The van der Waals surface area contributed by atoms with Crippen molar-refractivity contribution in [1.29, 1.82) is 0 Å². The summed E-state index contributed by atoms with van der Waals surface area (Å²) >= 11 is 6.04. The minimum absolute atomic E-state index is 0.482. The fraction of sp³-hybridized carbons (Fsp3) is 0.333. The van der Waals surface area contributed by atoms with E-state index in [1.807, 2.05) is 24.3 Å². The molecule has 0 amide bonds. The highest BCUT2D eigenvalue weighted by molar-refractivity contribution is 6.17. The number of rotatable bonds is 6. The minimum Gasteiger partial charge on any atom is -0.488 e. The molecule has 0 saturated carbocycles. The fourth-order valence-corrected chi connectivity index (χ4v) is 2.47. The van der Waals surface area contributed by atoms with Gasteiger partial charge in [0.1, 0.15) is 12.4 Å². The van der Waals surface area contributed by atoms with Gasteiger partial charge in [0, 0.05) is 5.56 Å². The van der Waals surface area contributed by atoms with E-state index >= 15 is 0 Å². The van der Waals surface area contributed by atoms with Crippen LogP contribution in [0, 0.1) is 5.92 Å². The lowest BCUT2D eigenvalue weighted by Gasteiger charge is -2.16. The van der Waals surface area contributed by atoms with Crippen LogP contribution < -0.4 is 4.74 Å². The largest absolute Gasteiger partial charge is 0.488 e. The van der Waals surface area contributed by atoms with Crippen LogP contribution in [0.2, 0.25) is 0 Å². The lowest BCUT2D eigenvalue weighted by molar-refractivity contribution is 0.299. The third-order valence-corrected chi connectivity index (χ3v) is 3.46. The third kappa shape index (κ3) is 4.01. The SMILES string of the molecule is CC(C)Cc1cccc(CCl)c1OCc1ccccc1. The standard InChI is InChI=1S/C18H21ClO/c1-14(2)11-16-9-6-10-17(12-19)18(16)20-13-15-7-4-3-5-8-15/h3-10,14H,11-13H2,1-2H3. The van der Waals surface area contributed by atoms with Crippen molar-refractivity contribution in [2.75, 3.05) is 0 Å². The topological polar surface area (TPSA) is 9.23 Å². The van der Waals surface area contributed by atoms with Crippen LogP contribution in [0.5, 0.6) is 5.75 Å². The highest BCUT2D eigenvalue weighted by Crippen LogP contribution is 2.28. The number of hydrogen-bond donors (Lipinski definition) is 0. The van der Waals surface area contributed by atoms with Crippen molar-refractivity contribution in [3.8, 4) is 5.75 Å². The number of hydrogen-bond acceptors (Lipinski definition) is 1. The maximum absolute atomic E-state index is 6.06. The highest BCUT2D eigenvalue weighted by atomic mass is 35.5. The molecule has 0 fully saturated rings. The Morgan fingerprint density at radius 2 is 1.65 bits per heavy atom. The predicted octanol–water partition coefficient (Wildman–Crippen LogP) is 5.20. The lowest BCUT2D eigenvalue weighted by Crippen LogP contribution is -2.03. The fourth-order valence-electron chi connectivity index (χ4n) is 2.26. The maximum Gasteiger partial charge on any atom is 0.127 e. The maximum atomic E-state index is 6.06. The molecule has 0 aromatic heterocycles. The molecule has 1 nitrogen and oxygen atoms in total. The van der Waals surface area contributed by atoms with Crippen LogP contribution in [-0.2, 0) is 18.9 Å². The van der Waals surface area contributed by atoms with E-state index in [1.165, 1.54) is 11.1 Å². The van der Waals surface area contributed by atoms with Crippen molar-refractivity contribution in [2.45, 2.75) is 32.8 Å². The predicted molar refractivity (Wildman–Crippen MR) is 85.3 cm³/mol. The number of alkyl halides is 1. The van der Waals surface area contributed by atoms with Crippen LogP contribution in [0.15, 0.2) is 48.5 Å². The van der Waals surface area contributed by atoms with E-state index in [9.17, 15) is 0 Å². The van der Waals surface area contributed by atoms with E-state index in [0.29, 0.717) is 18.4 Å². The second-order valence-electron chi connectivity index (χ2n) is 5.41. The van der Waals surface area contributed by atoms with Crippen LogP contribution in [0.25, 0.3) is 0 Å². The van der Waals surface area contributed by atoms with Crippen molar-refractivity contribution in [3.05, 3.63) is 65.2 Å². The first kappa shape index (κ1) is 14.9. The lowest BCUT2D eigenvalue weighted by atomic mass is 10.00. The molecule has 0 unspecified atom stereocenters. The molecule has 0 heterocycles. The molecule has 20 heavy (non-hydrogen) atoms. The second kappa shape index (κ2) is 7.35. The number of para-hydroxylation sites is 1. The molecule has 0 saturated heterocycles. The summed E-state index contributed by atoms with van der Waals surface area (Å²) in [5.41, 5.74) is 3.49. The summed E-state index contributed by atoms with van der Waals surface area (Å²) in [6.45, 7) is 5.02. The molecule has 0 spiro atoms. The second-order valence-corrected chi connectivity index (χ2v) is 5.68. The number of benzene rings is 2. The van der Waals surface area contributed by atoms with E-state index < -0.39 is 0 Å². The molecule has 2 heteroatoms. The van der Waals surface area contributed by atoms with E-state index in [1.54, 1.807) is 0 Å². The summed E-state index contributed by atoms with van der Waals surface area (Å²) in [5, 5.41) is 0. The van der Waals surface area contributed by atoms with Crippen LogP contribution in [0.3, 0.4) is 0 Å². The average molecular weight is 289 g/mol. The Kier molecular flexibility index (Phi) is 5.49. The van der Waals surface area contributed by atoms with Crippen molar-refractivity contribution in [1.82, 2.24) is 0 Å². The summed E-state index contributed by atoms with van der Waals surface area (Å²) in [6, 6.07) is 16.5. The molecule has 0 aliphatic rings. The summed E-state index contributed by atoms with van der Waals surface area (Å²) in [6.07, 6.45) is 1.01. The molecule has 106 valence electrons. The first-order chi connectivity index (χ1) is 9.70. The number of halogens is 1. The summed E-state index contributed by atoms with van der Waals surface area (Å²) in [4.78, 5) is 0. The molecule has 0 aliphatic carbocycles. The molecule has 2 aromatic carbocycles. The van der Waals surface area contributed by atoms with Gasteiger partial charge in [-0.2, -0.15) is 0 Å². The molecule has 0 aliphatic heterocycles. The normalized spacial score (nSPS) is 10.8. The Balaban J connectivity index is 2.19. The average Bonchev–Trinajstić information content (AvgIpc) is 2.46. The molecule has 0 atom stereocenters. The Morgan fingerprint density at radius 3 is 2.30 bits per heavy atom. The van der Waals surface area contributed by atoms with Crippen LogP contribution in [0.1, 0.15) is 30.5 Å². The van der Waals surface area contributed by atoms with Crippen molar-refractivity contribution in [3.63, 3.8) is 0 Å². The van der Waals surface area contributed by atoms with Gasteiger partial charge >= 0.3 is 0 Å². The molecule has 2 aromatic rings. The molecule has 0 N–H and O–H groups in total. The Morgan fingerprint density at radius 1 is 0.950 bits per heavy atom. The van der Waals surface area contributed by atoms with E-state index in [2.05, 4.69) is 38.1 Å². The van der Waals surface area contributed by atoms with Crippen LogP contribution >= 0.6 is 11.6 Å². The van der Waals surface area contributed by atoms with Gasteiger partial charge in [0.25, 0.3) is 0 Å². The van der Waals surface area contributed by atoms with Crippen molar-refractivity contribution in [2.24, 2.45) is 5.92 Å². The first-order valence-electron chi connectivity index (χ1n) is 7.04. The molecular weight excluding hydrogens is 268 g/mol. The van der Waals surface area contributed by atoms with Gasteiger partial charge in [-0.25, -0.2) is 0 Å². The summed E-state index contributed by atoms with van der Waals surface area (Å²) < 4.78 is 6.06. The quantitative estimate of drug-likeness (QED) is 0.664. The molecular formula is C18H21ClO. The van der Waals surface area contributed by atoms with E-state index in [4.69, 9.17) is 16.3 Å². The smallest absolute Gasteiger partial charge is 0.127 e. The zero-order valence-electron chi connectivity index (χ0n) is 12.1. The van der Waals surface area contributed by atoms with Gasteiger partial charge in [-0.3, -0.25) is 0 Å². The van der Waals surface area contributed by atoms with E-state index in [0.717, 1.165) is 17.7 Å². The Labute approximate surface area is 126 Å². The highest BCUT2D eigenvalue weighted by Gasteiger charge is 2.11. The summed E-state index contributed by atoms with van der Waals surface area (Å²) in [5.74, 6) is 2.04. The van der Waals surface area contributed by atoms with Gasteiger partial charge in [-0.05, 0) is 23.5 Å². The first-order valence-corrected chi connectivity index (χ1v) is 7.57. The van der Waals surface area contributed by atoms with Crippen LogP contribution in [0.4, 0.5) is 0 Å². The monoisotopic (exact) mass is 288 g/mol. The van der Waals surface area contributed by atoms with Gasteiger partial charge in [0.2, 0.25) is 0 Å². The third-order valence-electron chi connectivity index (χ3n) is 3.18. The van der Waals surface area contributed by atoms with Crippen molar-refractivity contribution >= 4 is 11.6 Å². The summed E-state index contributed by atoms with van der Waals surface area (Å²) in [7, 11) is 0. The number of ether oxygens (including phenoxy) is 1. The van der Waals surface area contributed by atoms with Gasteiger partial charge in [-0.15, -0.1) is 11.6 Å². The zero-order valence-corrected chi connectivity index (χ0v) is 12.9. The Bertz CT molecular complexity index is 534. The van der Waals surface area contributed by atoms with Gasteiger partial charge < -0.3 is 4.74 Å². The van der Waals surface area contributed by atoms with Gasteiger partial charge in [0.05, 0.1) is 5.88 Å². The van der Waals surface area contributed by atoms with Crippen molar-refractivity contribution < 1.29 is 4.74 Å². The van der Waals surface area contributed by atoms with Gasteiger partial charge in [0.15, 0.2) is 0 Å². The molecule has 2 rings (SSSR count). The van der Waals surface area contributed by atoms with E-state index in [-0.39, 0.29) is 0 Å². The Hall–Kier alpha value is -1.47. The van der Waals surface area contributed by atoms with Gasteiger partial charge in [-0.1, -0.05) is 62.4 Å². The van der Waals surface area contributed by atoms with Crippen LogP contribution in [-0.4, -0.2) is 0 Å². The molecule has 0 radical (unpaired) electrons. The molecule has 0 bridgehead atoms. The minimum atomic E-state index is 0.482. The zero-order chi connectivity index (χ0) is 14.4.